The average Bonchev–Trinajstić information content (AvgIpc) is 2.82. The van der Waals surface area contributed by atoms with Gasteiger partial charge in [0.2, 0.25) is 0 Å². The zero-order valence-corrected chi connectivity index (χ0v) is 17.8. The molecule has 0 amide bonds. The molecule has 1 aliphatic rings. The van der Waals surface area contributed by atoms with Gasteiger partial charge in [-0.25, -0.2) is 4.79 Å². The van der Waals surface area contributed by atoms with Crippen molar-refractivity contribution in [3.8, 4) is 11.5 Å². The first kappa shape index (κ1) is 20.9. The lowest BCUT2D eigenvalue weighted by molar-refractivity contribution is 0.0970. The summed E-state index contributed by atoms with van der Waals surface area (Å²) in [4.78, 5) is 39.7. The van der Waals surface area contributed by atoms with Crippen molar-refractivity contribution in [1.29, 1.82) is 0 Å². The van der Waals surface area contributed by atoms with Crippen LogP contribution in [-0.2, 0) is 6.54 Å². The van der Waals surface area contributed by atoms with Crippen LogP contribution in [0.1, 0.15) is 48.5 Å². The normalized spacial score (nSPS) is 14.5. The number of benzene rings is 2. The molecule has 0 unspecified atom stereocenters. The summed E-state index contributed by atoms with van der Waals surface area (Å²) in [6.45, 7) is -0.165. The second-order valence-electron chi connectivity index (χ2n) is 7.85. The minimum atomic E-state index is -0.426. The third-order valence-corrected chi connectivity index (χ3v) is 6.03. The molecule has 0 N–H and O–H groups in total. The summed E-state index contributed by atoms with van der Waals surface area (Å²) in [7, 11) is 3.03. The van der Waals surface area contributed by atoms with Crippen molar-refractivity contribution in [2.45, 2.75) is 44.7 Å². The molecule has 0 atom stereocenters. The monoisotopic (exact) mass is 422 g/mol. The Bertz CT molecular complexity index is 1230. The van der Waals surface area contributed by atoms with E-state index >= 15 is 0 Å². The Morgan fingerprint density at radius 2 is 1.68 bits per heavy atom. The molecule has 7 heteroatoms. The number of methoxy groups -OCH3 is 2. The zero-order valence-electron chi connectivity index (χ0n) is 17.8. The molecular formula is C24H26N2O5. The van der Waals surface area contributed by atoms with Gasteiger partial charge in [0.25, 0.3) is 5.56 Å². The van der Waals surface area contributed by atoms with Gasteiger partial charge >= 0.3 is 5.69 Å². The van der Waals surface area contributed by atoms with Crippen molar-refractivity contribution in [3.63, 3.8) is 0 Å². The summed E-state index contributed by atoms with van der Waals surface area (Å²) in [5.74, 6) is 0.715. The van der Waals surface area contributed by atoms with E-state index in [1.165, 1.54) is 23.4 Å². The fraction of sp³-hybridized carbons (Fsp3) is 0.375. The Labute approximate surface area is 179 Å². The molecule has 1 heterocycles. The molecule has 1 aromatic heterocycles. The number of hydrogen-bond acceptors (Lipinski definition) is 5. The second-order valence-corrected chi connectivity index (χ2v) is 7.85. The molecule has 0 radical (unpaired) electrons. The first-order valence-electron chi connectivity index (χ1n) is 10.5. The lowest BCUT2D eigenvalue weighted by Crippen LogP contribution is -2.43. The first-order chi connectivity index (χ1) is 15.0. The van der Waals surface area contributed by atoms with Crippen LogP contribution in [0.15, 0.2) is 52.1 Å². The topological polar surface area (TPSA) is 79.5 Å². The highest BCUT2D eigenvalue weighted by Crippen LogP contribution is 2.28. The van der Waals surface area contributed by atoms with E-state index in [9.17, 15) is 14.4 Å². The molecule has 1 aliphatic carbocycles. The van der Waals surface area contributed by atoms with Crippen LogP contribution in [0.4, 0.5) is 0 Å². The third kappa shape index (κ3) is 3.87. The molecule has 0 spiro atoms. The quantitative estimate of drug-likeness (QED) is 0.568. The first-order valence-corrected chi connectivity index (χ1v) is 10.5. The van der Waals surface area contributed by atoms with Crippen LogP contribution in [0.25, 0.3) is 10.9 Å². The highest BCUT2D eigenvalue weighted by atomic mass is 16.5. The molecule has 31 heavy (non-hydrogen) atoms. The number of rotatable bonds is 6. The van der Waals surface area contributed by atoms with Crippen molar-refractivity contribution < 1.29 is 14.3 Å². The van der Waals surface area contributed by atoms with Gasteiger partial charge in [-0.1, -0.05) is 31.4 Å². The highest BCUT2D eigenvalue weighted by Gasteiger charge is 2.23. The molecule has 0 aliphatic heterocycles. The van der Waals surface area contributed by atoms with Crippen LogP contribution in [0, 0.1) is 0 Å². The van der Waals surface area contributed by atoms with Crippen molar-refractivity contribution >= 4 is 16.7 Å². The summed E-state index contributed by atoms with van der Waals surface area (Å²) < 4.78 is 13.3. The van der Waals surface area contributed by atoms with E-state index in [4.69, 9.17) is 9.47 Å². The molecule has 3 aromatic rings. The van der Waals surface area contributed by atoms with E-state index in [1.54, 1.807) is 42.5 Å². The number of para-hydroxylation sites is 1. The van der Waals surface area contributed by atoms with Gasteiger partial charge in [0.1, 0.15) is 0 Å². The lowest BCUT2D eigenvalue weighted by Gasteiger charge is -2.24. The Morgan fingerprint density at radius 3 is 2.39 bits per heavy atom. The Kier molecular flexibility index (Phi) is 5.93. The number of ether oxygens (including phenoxy) is 2. The van der Waals surface area contributed by atoms with Crippen molar-refractivity contribution in [2.75, 3.05) is 14.2 Å². The zero-order chi connectivity index (χ0) is 22.0. The molecule has 7 nitrogen and oxygen atoms in total. The molecule has 4 rings (SSSR count). The Hall–Kier alpha value is -3.35. The number of carbonyl (C=O) groups excluding carboxylic acids is 1. The van der Waals surface area contributed by atoms with E-state index in [1.807, 2.05) is 0 Å². The van der Waals surface area contributed by atoms with E-state index in [-0.39, 0.29) is 23.9 Å². The largest absolute Gasteiger partial charge is 0.493 e. The van der Waals surface area contributed by atoms with Crippen molar-refractivity contribution in [2.24, 2.45) is 0 Å². The lowest BCUT2D eigenvalue weighted by atomic mass is 9.95. The van der Waals surface area contributed by atoms with Gasteiger partial charge in [-0.15, -0.1) is 0 Å². The van der Waals surface area contributed by atoms with Gasteiger partial charge < -0.3 is 9.47 Å². The number of hydrogen-bond donors (Lipinski definition) is 0. The number of carbonyl (C=O) groups is 1. The molecular weight excluding hydrogens is 396 g/mol. The van der Waals surface area contributed by atoms with Gasteiger partial charge in [0, 0.05) is 11.6 Å². The number of ketones is 1. The number of nitrogens with zero attached hydrogens (tertiary/aromatic N) is 2. The summed E-state index contributed by atoms with van der Waals surface area (Å²) >= 11 is 0. The summed E-state index contributed by atoms with van der Waals surface area (Å²) in [6, 6.07) is 11.8. The average molecular weight is 422 g/mol. The SMILES string of the molecule is COc1ccc(C(=O)Cn2c(=O)n(C3CCCCC3)c(=O)c3ccccc32)cc1OC. The van der Waals surface area contributed by atoms with Gasteiger partial charge in [-0.2, -0.15) is 0 Å². The van der Waals surface area contributed by atoms with Gasteiger partial charge in [-0.05, 0) is 43.2 Å². The fourth-order valence-corrected chi connectivity index (χ4v) is 4.40. The minimum absolute atomic E-state index is 0.124. The van der Waals surface area contributed by atoms with Crippen LogP contribution in [0.5, 0.6) is 11.5 Å². The maximum Gasteiger partial charge on any atom is 0.332 e. The Morgan fingerprint density at radius 1 is 0.968 bits per heavy atom. The third-order valence-electron chi connectivity index (χ3n) is 6.03. The van der Waals surface area contributed by atoms with Crippen LogP contribution in [-0.4, -0.2) is 29.1 Å². The van der Waals surface area contributed by atoms with Crippen LogP contribution >= 0.6 is 0 Å². The van der Waals surface area contributed by atoms with Crippen molar-refractivity contribution in [3.05, 3.63) is 68.9 Å². The van der Waals surface area contributed by atoms with E-state index in [0.717, 1.165) is 32.1 Å². The van der Waals surface area contributed by atoms with E-state index in [0.29, 0.717) is 28.0 Å². The molecule has 1 saturated carbocycles. The van der Waals surface area contributed by atoms with Crippen LogP contribution in [0.2, 0.25) is 0 Å². The predicted molar refractivity (Wildman–Crippen MR) is 118 cm³/mol. The van der Waals surface area contributed by atoms with Gasteiger partial charge in [0.05, 0.1) is 31.7 Å². The maximum absolute atomic E-state index is 13.4. The molecule has 0 bridgehead atoms. The molecule has 162 valence electrons. The number of Topliss-reactive ketones (excluding diaryl/α,β-unsaturated/α-hetero) is 1. The smallest absolute Gasteiger partial charge is 0.332 e. The standard InChI is InChI=1S/C24H26N2O5/c1-30-21-13-12-16(14-22(21)31-2)20(27)15-25-19-11-7-6-10-18(19)23(28)26(24(25)29)17-8-4-3-5-9-17/h6-7,10-14,17H,3-5,8-9,15H2,1-2H3. The van der Waals surface area contributed by atoms with E-state index < -0.39 is 5.69 Å². The fourth-order valence-electron chi connectivity index (χ4n) is 4.40. The number of aromatic nitrogens is 2. The molecule has 1 fully saturated rings. The van der Waals surface area contributed by atoms with Crippen LogP contribution < -0.4 is 20.7 Å². The summed E-state index contributed by atoms with van der Waals surface area (Å²) in [5, 5.41) is 0.452. The maximum atomic E-state index is 13.4. The highest BCUT2D eigenvalue weighted by molar-refractivity contribution is 5.97. The summed E-state index contributed by atoms with van der Waals surface area (Å²) in [5.41, 5.74) is 0.175. The summed E-state index contributed by atoms with van der Waals surface area (Å²) in [6.07, 6.45) is 4.71. The molecule has 0 saturated heterocycles. The second kappa shape index (κ2) is 8.79. The molecule has 2 aromatic carbocycles. The van der Waals surface area contributed by atoms with E-state index in [2.05, 4.69) is 0 Å². The van der Waals surface area contributed by atoms with Crippen molar-refractivity contribution in [1.82, 2.24) is 9.13 Å². The number of fused-ring (bicyclic) bond motifs is 1. The minimum Gasteiger partial charge on any atom is -0.493 e. The predicted octanol–water partition coefficient (Wildman–Crippen LogP) is 3.57. The van der Waals surface area contributed by atoms with Crippen LogP contribution in [0.3, 0.4) is 0 Å². The van der Waals surface area contributed by atoms with Gasteiger partial charge in [0.15, 0.2) is 17.3 Å². The Balaban J connectivity index is 1.81. The van der Waals surface area contributed by atoms with Gasteiger partial charge in [-0.3, -0.25) is 18.7 Å².